The summed E-state index contributed by atoms with van der Waals surface area (Å²) < 4.78 is 11.5. The molecule has 2 aromatic heterocycles. The van der Waals surface area contributed by atoms with Crippen molar-refractivity contribution in [2.75, 3.05) is 0 Å². The first-order valence-electron chi connectivity index (χ1n) is 9.56. The van der Waals surface area contributed by atoms with E-state index in [-0.39, 0.29) is 5.78 Å². The first-order valence-corrected chi connectivity index (χ1v) is 9.56. The molecule has 0 aliphatic rings. The summed E-state index contributed by atoms with van der Waals surface area (Å²) >= 11 is 0. The quantitative estimate of drug-likeness (QED) is 0.398. The summed E-state index contributed by atoms with van der Waals surface area (Å²) in [4.78, 5) is 20.9. The molecule has 0 saturated heterocycles. The van der Waals surface area contributed by atoms with Gasteiger partial charge in [-0.05, 0) is 60.7 Å². The second kappa shape index (κ2) is 9.47. The molecule has 0 atom stereocenters. The Bertz CT molecular complexity index is 992. The lowest BCUT2D eigenvalue weighted by molar-refractivity contribution is 0.103. The molecule has 2 heterocycles. The SMILES string of the molecule is O=C(c1ccc(OCc2cccnc2)cc1)c1ccc(OCc2cccnc2)cc1. The lowest BCUT2D eigenvalue weighted by Gasteiger charge is -2.08. The fraction of sp³-hybridized carbons (Fsp3) is 0.0800. The van der Waals surface area contributed by atoms with Crippen LogP contribution in [-0.2, 0) is 13.2 Å². The molecular weight excluding hydrogens is 376 g/mol. The highest BCUT2D eigenvalue weighted by molar-refractivity contribution is 6.09. The van der Waals surface area contributed by atoms with E-state index >= 15 is 0 Å². The topological polar surface area (TPSA) is 61.3 Å². The molecule has 148 valence electrons. The predicted octanol–water partition coefficient (Wildman–Crippen LogP) is 4.87. The largest absolute Gasteiger partial charge is 0.489 e. The zero-order chi connectivity index (χ0) is 20.6. The number of hydrogen-bond donors (Lipinski definition) is 0. The highest BCUT2D eigenvalue weighted by Crippen LogP contribution is 2.19. The van der Waals surface area contributed by atoms with Crippen molar-refractivity contribution in [3.63, 3.8) is 0 Å². The van der Waals surface area contributed by atoms with Crippen molar-refractivity contribution in [1.82, 2.24) is 9.97 Å². The zero-order valence-electron chi connectivity index (χ0n) is 16.3. The maximum Gasteiger partial charge on any atom is 0.193 e. The van der Waals surface area contributed by atoms with Gasteiger partial charge in [0.2, 0.25) is 0 Å². The summed E-state index contributed by atoms with van der Waals surface area (Å²) in [5.41, 5.74) is 3.19. The minimum absolute atomic E-state index is 0.0485. The molecule has 0 amide bonds. The fourth-order valence-corrected chi connectivity index (χ4v) is 2.87. The van der Waals surface area contributed by atoms with Crippen LogP contribution in [0, 0.1) is 0 Å². The fourth-order valence-electron chi connectivity index (χ4n) is 2.87. The van der Waals surface area contributed by atoms with Gasteiger partial charge < -0.3 is 9.47 Å². The predicted molar refractivity (Wildman–Crippen MR) is 113 cm³/mol. The number of ketones is 1. The number of aromatic nitrogens is 2. The van der Waals surface area contributed by atoms with Gasteiger partial charge in [0.15, 0.2) is 5.78 Å². The summed E-state index contributed by atoms with van der Waals surface area (Å²) in [5.74, 6) is 1.36. The number of nitrogens with zero attached hydrogens (tertiary/aromatic N) is 2. The second-order valence-corrected chi connectivity index (χ2v) is 6.68. The Balaban J connectivity index is 1.34. The van der Waals surface area contributed by atoms with Crippen molar-refractivity contribution in [1.29, 1.82) is 0 Å². The Labute approximate surface area is 175 Å². The van der Waals surface area contributed by atoms with Crippen molar-refractivity contribution in [2.24, 2.45) is 0 Å². The summed E-state index contributed by atoms with van der Waals surface area (Å²) in [6.45, 7) is 0.864. The molecule has 0 unspecified atom stereocenters. The van der Waals surface area contributed by atoms with Crippen molar-refractivity contribution in [3.05, 3.63) is 120 Å². The Morgan fingerprint density at radius 2 is 1.07 bits per heavy atom. The molecule has 30 heavy (non-hydrogen) atoms. The van der Waals surface area contributed by atoms with Gasteiger partial charge in [-0.25, -0.2) is 0 Å². The van der Waals surface area contributed by atoms with Crippen LogP contribution in [0.15, 0.2) is 97.6 Å². The first-order chi connectivity index (χ1) is 14.8. The van der Waals surface area contributed by atoms with Gasteiger partial charge in [0.25, 0.3) is 0 Å². The maximum atomic E-state index is 12.7. The van der Waals surface area contributed by atoms with E-state index in [0.29, 0.717) is 35.8 Å². The van der Waals surface area contributed by atoms with Gasteiger partial charge in [0.1, 0.15) is 24.7 Å². The molecule has 0 aliphatic heterocycles. The highest BCUT2D eigenvalue weighted by atomic mass is 16.5. The van der Waals surface area contributed by atoms with E-state index in [9.17, 15) is 4.79 Å². The summed E-state index contributed by atoms with van der Waals surface area (Å²) in [6, 6.07) is 21.9. The Morgan fingerprint density at radius 1 is 0.633 bits per heavy atom. The van der Waals surface area contributed by atoms with Gasteiger partial charge in [0, 0.05) is 47.0 Å². The molecule has 5 nitrogen and oxygen atoms in total. The van der Waals surface area contributed by atoms with E-state index in [1.807, 2.05) is 24.3 Å². The van der Waals surface area contributed by atoms with Gasteiger partial charge in [-0.1, -0.05) is 12.1 Å². The van der Waals surface area contributed by atoms with Gasteiger partial charge >= 0.3 is 0 Å². The molecule has 4 rings (SSSR count). The average molecular weight is 396 g/mol. The molecule has 0 bridgehead atoms. The summed E-state index contributed by atoms with van der Waals surface area (Å²) in [5, 5.41) is 0. The van der Waals surface area contributed by atoms with E-state index in [1.54, 1.807) is 73.3 Å². The average Bonchev–Trinajstić information content (AvgIpc) is 2.83. The van der Waals surface area contributed by atoms with Crippen LogP contribution in [0.1, 0.15) is 27.0 Å². The molecule has 0 radical (unpaired) electrons. The van der Waals surface area contributed by atoms with E-state index in [1.165, 1.54) is 0 Å². The number of carbonyl (C=O) groups is 1. The van der Waals surface area contributed by atoms with Gasteiger partial charge in [0.05, 0.1) is 0 Å². The van der Waals surface area contributed by atoms with Gasteiger partial charge in [-0.3, -0.25) is 14.8 Å². The molecule has 4 aromatic rings. The lowest BCUT2D eigenvalue weighted by Crippen LogP contribution is -2.02. The third kappa shape index (κ3) is 5.08. The van der Waals surface area contributed by atoms with Crippen LogP contribution in [0.25, 0.3) is 0 Å². The maximum absolute atomic E-state index is 12.7. The smallest absolute Gasteiger partial charge is 0.193 e. The van der Waals surface area contributed by atoms with Crippen molar-refractivity contribution in [3.8, 4) is 11.5 Å². The van der Waals surface area contributed by atoms with Crippen molar-refractivity contribution in [2.45, 2.75) is 13.2 Å². The summed E-state index contributed by atoms with van der Waals surface area (Å²) in [7, 11) is 0. The number of ether oxygens (including phenoxy) is 2. The van der Waals surface area contributed by atoms with E-state index in [0.717, 1.165) is 11.1 Å². The van der Waals surface area contributed by atoms with Crippen LogP contribution in [-0.4, -0.2) is 15.8 Å². The molecule has 0 aliphatic carbocycles. The number of pyridine rings is 2. The van der Waals surface area contributed by atoms with Crippen molar-refractivity contribution < 1.29 is 14.3 Å². The van der Waals surface area contributed by atoms with E-state index in [4.69, 9.17) is 9.47 Å². The number of carbonyl (C=O) groups excluding carboxylic acids is 1. The Hall–Kier alpha value is -3.99. The number of hydrogen-bond acceptors (Lipinski definition) is 5. The second-order valence-electron chi connectivity index (χ2n) is 6.68. The van der Waals surface area contributed by atoms with Crippen LogP contribution >= 0.6 is 0 Å². The van der Waals surface area contributed by atoms with Gasteiger partial charge in [-0.2, -0.15) is 0 Å². The molecular formula is C25H20N2O3. The zero-order valence-corrected chi connectivity index (χ0v) is 16.3. The highest BCUT2D eigenvalue weighted by Gasteiger charge is 2.09. The Kier molecular flexibility index (Phi) is 6.11. The molecule has 2 aromatic carbocycles. The molecule has 0 saturated carbocycles. The van der Waals surface area contributed by atoms with Crippen LogP contribution in [0.5, 0.6) is 11.5 Å². The van der Waals surface area contributed by atoms with Crippen LogP contribution in [0.4, 0.5) is 0 Å². The van der Waals surface area contributed by atoms with E-state index in [2.05, 4.69) is 9.97 Å². The van der Waals surface area contributed by atoms with Crippen LogP contribution < -0.4 is 9.47 Å². The van der Waals surface area contributed by atoms with Gasteiger partial charge in [-0.15, -0.1) is 0 Å². The normalized spacial score (nSPS) is 10.4. The number of benzene rings is 2. The number of rotatable bonds is 8. The minimum atomic E-state index is -0.0485. The molecule has 0 spiro atoms. The minimum Gasteiger partial charge on any atom is -0.489 e. The Morgan fingerprint density at radius 3 is 1.43 bits per heavy atom. The third-order valence-corrected chi connectivity index (χ3v) is 4.49. The van der Waals surface area contributed by atoms with E-state index < -0.39 is 0 Å². The summed E-state index contributed by atoms with van der Waals surface area (Å²) in [6.07, 6.45) is 6.98. The van der Waals surface area contributed by atoms with Crippen LogP contribution in [0.3, 0.4) is 0 Å². The monoisotopic (exact) mass is 396 g/mol. The first kappa shape index (κ1) is 19.3. The molecule has 0 N–H and O–H groups in total. The molecule has 0 fully saturated rings. The standard InChI is InChI=1S/C25H20N2O3/c28-25(21-5-9-23(10-6-21)29-17-19-3-1-13-26-15-19)22-7-11-24(12-8-22)30-18-20-4-2-14-27-16-20/h1-16H,17-18H2. The lowest BCUT2D eigenvalue weighted by atomic mass is 10.0. The molecule has 5 heteroatoms. The third-order valence-electron chi connectivity index (χ3n) is 4.49. The van der Waals surface area contributed by atoms with Crippen LogP contribution in [0.2, 0.25) is 0 Å². The van der Waals surface area contributed by atoms with Crippen molar-refractivity contribution >= 4 is 5.78 Å².